The van der Waals surface area contributed by atoms with Crippen LogP contribution in [-0.2, 0) is 4.79 Å². The van der Waals surface area contributed by atoms with E-state index in [-0.39, 0.29) is 10.7 Å². The normalized spacial score (nSPS) is 22.8. The van der Waals surface area contributed by atoms with Gasteiger partial charge in [-0.2, -0.15) is 0 Å². The molecule has 6 heteroatoms. The second-order valence-electron chi connectivity index (χ2n) is 2.75. The number of halogens is 2. The molecule has 1 aromatic heterocycles. The van der Waals surface area contributed by atoms with E-state index >= 15 is 0 Å². The molecule has 2 heterocycles. The summed E-state index contributed by atoms with van der Waals surface area (Å²) in [5.74, 6) is 0.105. The summed E-state index contributed by atoms with van der Waals surface area (Å²) in [6, 6.07) is 0. The van der Waals surface area contributed by atoms with Gasteiger partial charge in [0.25, 0.3) is 0 Å². The van der Waals surface area contributed by atoms with Gasteiger partial charge in [0.05, 0.1) is 6.20 Å². The molecule has 2 rings (SSSR count). The highest BCUT2D eigenvalue weighted by molar-refractivity contribution is 9.09. The molecule has 0 saturated carbocycles. The summed E-state index contributed by atoms with van der Waals surface area (Å²) in [5, 5.41) is 0.692. The SMILES string of the molecule is O=C1CC(Br)CN1c1ncc(Cl)s1. The number of hydrogen-bond donors (Lipinski definition) is 0. The highest BCUT2D eigenvalue weighted by atomic mass is 79.9. The van der Waals surface area contributed by atoms with Gasteiger partial charge in [-0.1, -0.05) is 38.9 Å². The number of rotatable bonds is 1. The number of thiazole rings is 1. The molecule has 3 nitrogen and oxygen atoms in total. The van der Waals surface area contributed by atoms with Crippen molar-refractivity contribution in [3.63, 3.8) is 0 Å². The molecule has 0 bridgehead atoms. The van der Waals surface area contributed by atoms with Crippen LogP contribution in [-0.4, -0.2) is 22.3 Å². The molecule has 70 valence electrons. The molecular weight excluding hydrogens is 276 g/mol. The van der Waals surface area contributed by atoms with E-state index in [4.69, 9.17) is 11.6 Å². The summed E-state index contributed by atoms with van der Waals surface area (Å²) in [5.41, 5.74) is 0. The third-order valence-electron chi connectivity index (χ3n) is 1.77. The zero-order valence-electron chi connectivity index (χ0n) is 6.54. The minimum Gasteiger partial charge on any atom is -0.287 e. The average Bonchev–Trinajstić information content (AvgIpc) is 2.58. The fourth-order valence-electron chi connectivity index (χ4n) is 1.22. The van der Waals surface area contributed by atoms with Crippen LogP contribution in [0.25, 0.3) is 0 Å². The second kappa shape index (κ2) is 3.55. The van der Waals surface area contributed by atoms with Crippen LogP contribution in [0.15, 0.2) is 6.20 Å². The molecule has 0 aliphatic carbocycles. The average molecular weight is 282 g/mol. The largest absolute Gasteiger partial charge is 0.287 e. The fraction of sp³-hybridized carbons (Fsp3) is 0.429. The van der Waals surface area contributed by atoms with Gasteiger partial charge >= 0.3 is 0 Å². The van der Waals surface area contributed by atoms with Crippen molar-refractivity contribution in [3.8, 4) is 0 Å². The smallest absolute Gasteiger partial charge is 0.230 e. The van der Waals surface area contributed by atoms with Crippen molar-refractivity contribution in [2.24, 2.45) is 0 Å². The summed E-state index contributed by atoms with van der Waals surface area (Å²) in [7, 11) is 0. The van der Waals surface area contributed by atoms with E-state index in [9.17, 15) is 4.79 Å². The number of anilines is 1. The van der Waals surface area contributed by atoms with Crippen molar-refractivity contribution in [1.82, 2.24) is 4.98 Å². The lowest BCUT2D eigenvalue weighted by Crippen LogP contribution is -2.24. The fourth-order valence-corrected chi connectivity index (χ4v) is 2.71. The number of carbonyl (C=O) groups is 1. The molecule has 1 aliphatic rings. The molecule has 0 radical (unpaired) electrons. The van der Waals surface area contributed by atoms with Crippen LogP contribution in [0.1, 0.15) is 6.42 Å². The first kappa shape index (κ1) is 9.43. The Labute approximate surface area is 92.8 Å². The summed E-state index contributed by atoms with van der Waals surface area (Å²) >= 11 is 10.5. The van der Waals surface area contributed by atoms with E-state index < -0.39 is 0 Å². The van der Waals surface area contributed by atoms with Crippen LogP contribution >= 0.6 is 38.9 Å². The molecule has 0 N–H and O–H groups in total. The molecule has 1 aromatic rings. The minimum atomic E-state index is 0.105. The van der Waals surface area contributed by atoms with Crippen molar-refractivity contribution < 1.29 is 4.79 Å². The predicted molar refractivity (Wildman–Crippen MR) is 56.8 cm³/mol. The molecular formula is C7H6BrClN2OS. The second-order valence-corrected chi connectivity index (χ2v) is 5.69. The number of hydrogen-bond acceptors (Lipinski definition) is 3. The number of carbonyl (C=O) groups excluding carboxylic acids is 1. The quantitative estimate of drug-likeness (QED) is 0.740. The summed E-state index contributed by atoms with van der Waals surface area (Å²) in [6.07, 6.45) is 2.10. The van der Waals surface area contributed by atoms with Gasteiger partial charge in [-0.15, -0.1) is 0 Å². The van der Waals surface area contributed by atoms with Gasteiger partial charge in [0, 0.05) is 17.8 Å². The van der Waals surface area contributed by atoms with Crippen LogP contribution in [0.5, 0.6) is 0 Å². The third-order valence-corrected chi connectivity index (χ3v) is 3.53. The topological polar surface area (TPSA) is 33.2 Å². The Hall–Kier alpha value is -0.130. The molecule has 0 aromatic carbocycles. The van der Waals surface area contributed by atoms with Gasteiger partial charge in [-0.25, -0.2) is 4.98 Å². The van der Waals surface area contributed by atoms with Crippen LogP contribution in [0, 0.1) is 0 Å². The summed E-state index contributed by atoms with van der Waals surface area (Å²) < 4.78 is 0.612. The highest BCUT2D eigenvalue weighted by Crippen LogP contribution is 2.30. The molecule has 1 atom stereocenters. The molecule has 1 aliphatic heterocycles. The predicted octanol–water partition coefficient (Wildman–Crippen LogP) is 2.30. The Morgan fingerprint density at radius 2 is 2.54 bits per heavy atom. The zero-order chi connectivity index (χ0) is 9.42. The van der Waals surface area contributed by atoms with E-state index in [1.54, 1.807) is 11.1 Å². The molecule has 13 heavy (non-hydrogen) atoms. The van der Waals surface area contributed by atoms with E-state index in [1.165, 1.54) is 11.3 Å². The maximum Gasteiger partial charge on any atom is 0.230 e. The van der Waals surface area contributed by atoms with Crippen molar-refractivity contribution in [2.45, 2.75) is 11.2 Å². The lowest BCUT2D eigenvalue weighted by molar-refractivity contribution is -0.117. The van der Waals surface area contributed by atoms with Crippen molar-refractivity contribution in [2.75, 3.05) is 11.4 Å². The monoisotopic (exact) mass is 280 g/mol. The Kier molecular flexibility index (Phi) is 2.58. The Morgan fingerprint density at radius 1 is 1.77 bits per heavy atom. The van der Waals surface area contributed by atoms with Crippen LogP contribution < -0.4 is 4.90 Å². The van der Waals surface area contributed by atoms with Crippen molar-refractivity contribution in [1.29, 1.82) is 0 Å². The van der Waals surface area contributed by atoms with Gasteiger partial charge in [-0.3, -0.25) is 9.69 Å². The van der Waals surface area contributed by atoms with Gasteiger partial charge in [0.2, 0.25) is 5.91 Å². The lowest BCUT2D eigenvalue weighted by Gasteiger charge is -2.10. The Balaban J connectivity index is 2.22. The van der Waals surface area contributed by atoms with E-state index in [0.717, 1.165) is 0 Å². The maximum absolute atomic E-state index is 11.4. The lowest BCUT2D eigenvalue weighted by atomic mass is 10.4. The standard InChI is InChI=1S/C7H6BrClN2OS/c8-4-1-6(12)11(3-4)7-10-2-5(9)13-7/h2,4H,1,3H2. The van der Waals surface area contributed by atoms with E-state index in [1.807, 2.05) is 0 Å². The van der Waals surface area contributed by atoms with Gasteiger partial charge in [0.1, 0.15) is 4.34 Å². The van der Waals surface area contributed by atoms with Crippen LogP contribution in [0.2, 0.25) is 4.34 Å². The van der Waals surface area contributed by atoms with Gasteiger partial charge < -0.3 is 0 Å². The Bertz CT molecular complexity index is 343. The number of aromatic nitrogens is 1. The highest BCUT2D eigenvalue weighted by Gasteiger charge is 2.30. The van der Waals surface area contributed by atoms with E-state index in [2.05, 4.69) is 20.9 Å². The Morgan fingerprint density at radius 3 is 3.00 bits per heavy atom. The van der Waals surface area contributed by atoms with Gasteiger partial charge in [-0.05, 0) is 0 Å². The molecule has 1 unspecified atom stereocenters. The maximum atomic E-state index is 11.4. The summed E-state index contributed by atoms with van der Waals surface area (Å²) in [4.78, 5) is 17.4. The third kappa shape index (κ3) is 1.87. The molecule has 0 spiro atoms. The zero-order valence-corrected chi connectivity index (χ0v) is 9.69. The molecule has 1 fully saturated rings. The molecule has 1 amide bonds. The molecule has 1 saturated heterocycles. The minimum absolute atomic E-state index is 0.105. The first-order valence-electron chi connectivity index (χ1n) is 3.72. The number of alkyl halides is 1. The van der Waals surface area contributed by atoms with Crippen molar-refractivity contribution >= 4 is 49.9 Å². The first-order valence-corrected chi connectivity index (χ1v) is 5.83. The van der Waals surface area contributed by atoms with E-state index in [0.29, 0.717) is 22.4 Å². The number of nitrogens with zero attached hydrogens (tertiary/aromatic N) is 2. The summed E-state index contributed by atoms with van der Waals surface area (Å²) in [6.45, 7) is 0.683. The van der Waals surface area contributed by atoms with Crippen molar-refractivity contribution in [3.05, 3.63) is 10.5 Å². The van der Waals surface area contributed by atoms with Crippen LogP contribution in [0.4, 0.5) is 5.13 Å². The van der Waals surface area contributed by atoms with Crippen LogP contribution in [0.3, 0.4) is 0 Å². The first-order chi connectivity index (χ1) is 6.16. The van der Waals surface area contributed by atoms with Gasteiger partial charge in [0.15, 0.2) is 5.13 Å². The number of amides is 1.